The molecule has 0 aliphatic heterocycles. The molecule has 0 bridgehead atoms. The van der Waals surface area contributed by atoms with Gasteiger partial charge in [0.05, 0.1) is 12.2 Å². The third-order valence-electron chi connectivity index (χ3n) is 4.55. The first kappa shape index (κ1) is 20.7. The molecule has 0 atom stereocenters. The lowest BCUT2D eigenvalue weighted by Gasteiger charge is -2.06. The van der Waals surface area contributed by atoms with Gasteiger partial charge in [0, 0.05) is 37.4 Å². The first-order valence-corrected chi connectivity index (χ1v) is 10.6. The van der Waals surface area contributed by atoms with E-state index in [-0.39, 0.29) is 11.7 Å². The molecule has 1 aromatic carbocycles. The number of pyridine rings is 1. The van der Waals surface area contributed by atoms with Gasteiger partial charge >= 0.3 is 0 Å². The summed E-state index contributed by atoms with van der Waals surface area (Å²) in [4.78, 5) is 21.7. The molecular formula is C22H21FN6OS. The standard InChI is InChI=1S/C22H21FN6OS/c1-15-20(21(30)26-14-16-3-2-9-24-13-16)31-22(27-15)19-8-11-29(28-19)12-10-25-18-6-4-17(23)5-7-18/h2-9,11,13,25H,10,12,14H2,1H3,(H,26,30). The van der Waals surface area contributed by atoms with Crippen molar-refractivity contribution in [1.82, 2.24) is 25.1 Å². The van der Waals surface area contributed by atoms with Crippen LogP contribution in [0.2, 0.25) is 0 Å². The minimum absolute atomic E-state index is 0.159. The van der Waals surface area contributed by atoms with Gasteiger partial charge in [0.2, 0.25) is 0 Å². The summed E-state index contributed by atoms with van der Waals surface area (Å²) in [5.41, 5.74) is 3.19. The van der Waals surface area contributed by atoms with Crippen LogP contribution in [-0.4, -0.2) is 32.2 Å². The Kier molecular flexibility index (Phi) is 6.32. The highest BCUT2D eigenvalue weighted by molar-refractivity contribution is 7.17. The van der Waals surface area contributed by atoms with Gasteiger partial charge in [0.1, 0.15) is 21.4 Å². The van der Waals surface area contributed by atoms with Gasteiger partial charge in [0.15, 0.2) is 0 Å². The molecule has 0 spiro atoms. The molecule has 0 aliphatic carbocycles. The van der Waals surface area contributed by atoms with Crippen LogP contribution in [0, 0.1) is 12.7 Å². The molecule has 0 aliphatic rings. The molecule has 3 aromatic heterocycles. The molecule has 0 saturated carbocycles. The summed E-state index contributed by atoms with van der Waals surface area (Å²) in [6, 6.07) is 11.9. The summed E-state index contributed by atoms with van der Waals surface area (Å²) in [6.07, 6.45) is 5.30. The Morgan fingerprint density at radius 1 is 1.19 bits per heavy atom. The zero-order valence-corrected chi connectivity index (χ0v) is 17.7. The van der Waals surface area contributed by atoms with Crippen LogP contribution in [-0.2, 0) is 13.1 Å². The molecule has 31 heavy (non-hydrogen) atoms. The summed E-state index contributed by atoms with van der Waals surface area (Å²) in [6.45, 7) is 3.52. The lowest BCUT2D eigenvalue weighted by atomic mass is 10.3. The number of benzene rings is 1. The highest BCUT2D eigenvalue weighted by Gasteiger charge is 2.17. The first-order chi connectivity index (χ1) is 15.1. The topological polar surface area (TPSA) is 84.7 Å². The number of carbonyl (C=O) groups is 1. The van der Waals surface area contributed by atoms with E-state index in [1.165, 1.54) is 23.5 Å². The molecular weight excluding hydrogens is 415 g/mol. The number of amides is 1. The van der Waals surface area contributed by atoms with Crippen molar-refractivity contribution in [3.63, 3.8) is 0 Å². The van der Waals surface area contributed by atoms with E-state index in [0.29, 0.717) is 35.2 Å². The minimum Gasteiger partial charge on any atom is -0.383 e. The Balaban J connectivity index is 1.35. The zero-order valence-electron chi connectivity index (χ0n) is 16.9. The average Bonchev–Trinajstić information content (AvgIpc) is 3.41. The third-order valence-corrected chi connectivity index (χ3v) is 5.73. The predicted octanol–water partition coefficient (Wildman–Crippen LogP) is 3.89. The van der Waals surface area contributed by atoms with Crippen LogP contribution in [0.15, 0.2) is 61.1 Å². The van der Waals surface area contributed by atoms with Gasteiger partial charge in [-0.05, 0) is 48.9 Å². The van der Waals surface area contributed by atoms with Crippen LogP contribution in [0.3, 0.4) is 0 Å². The molecule has 9 heteroatoms. The number of carbonyl (C=O) groups excluding carboxylic acids is 1. The molecule has 0 radical (unpaired) electrons. The molecule has 1 amide bonds. The number of hydrogen-bond donors (Lipinski definition) is 2. The maximum atomic E-state index is 13.0. The van der Waals surface area contributed by atoms with Crippen molar-refractivity contribution in [1.29, 1.82) is 0 Å². The number of thiazole rings is 1. The maximum Gasteiger partial charge on any atom is 0.263 e. The van der Waals surface area contributed by atoms with Crippen LogP contribution in [0.1, 0.15) is 20.9 Å². The zero-order chi connectivity index (χ0) is 21.6. The van der Waals surface area contributed by atoms with Crippen LogP contribution in [0.25, 0.3) is 10.7 Å². The number of rotatable bonds is 8. The van der Waals surface area contributed by atoms with E-state index in [9.17, 15) is 9.18 Å². The maximum absolute atomic E-state index is 13.0. The molecule has 0 unspecified atom stereocenters. The number of aromatic nitrogens is 4. The molecule has 0 saturated heterocycles. The van der Waals surface area contributed by atoms with Crippen molar-refractivity contribution in [3.8, 4) is 10.7 Å². The Labute approximate surface area is 183 Å². The van der Waals surface area contributed by atoms with E-state index < -0.39 is 0 Å². The molecule has 0 fully saturated rings. The van der Waals surface area contributed by atoms with Crippen molar-refractivity contribution >= 4 is 22.9 Å². The molecule has 7 nitrogen and oxygen atoms in total. The largest absolute Gasteiger partial charge is 0.383 e. The number of anilines is 1. The van der Waals surface area contributed by atoms with Gasteiger partial charge in [-0.15, -0.1) is 11.3 Å². The smallest absolute Gasteiger partial charge is 0.263 e. The Hall–Kier alpha value is -3.59. The average molecular weight is 437 g/mol. The monoisotopic (exact) mass is 436 g/mol. The fourth-order valence-electron chi connectivity index (χ4n) is 2.96. The predicted molar refractivity (Wildman–Crippen MR) is 118 cm³/mol. The summed E-state index contributed by atoms with van der Waals surface area (Å²) < 4.78 is 14.8. The molecule has 4 rings (SSSR count). The lowest BCUT2D eigenvalue weighted by molar-refractivity contribution is 0.0954. The van der Waals surface area contributed by atoms with Crippen LogP contribution in [0.4, 0.5) is 10.1 Å². The van der Waals surface area contributed by atoms with E-state index in [1.54, 1.807) is 24.5 Å². The SMILES string of the molecule is Cc1nc(-c2ccn(CCNc3ccc(F)cc3)n2)sc1C(=O)NCc1cccnc1. The second-order valence-corrected chi connectivity index (χ2v) is 7.87. The first-order valence-electron chi connectivity index (χ1n) is 9.76. The molecule has 3 heterocycles. The van der Waals surface area contributed by atoms with Gasteiger partial charge < -0.3 is 10.6 Å². The number of nitrogens with one attached hydrogen (secondary N) is 2. The quantitative estimate of drug-likeness (QED) is 0.438. The van der Waals surface area contributed by atoms with Gasteiger partial charge in [0.25, 0.3) is 5.91 Å². The normalized spacial score (nSPS) is 10.8. The van der Waals surface area contributed by atoms with Gasteiger partial charge in [-0.25, -0.2) is 9.37 Å². The summed E-state index contributed by atoms with van der Waals surface area (Å²) in [5.74, 6) is -0.417. The third kappa shape index (κ3) is 5.32. The Morgan fingerprint density at radius 3 is 2.81 bits per heavy atom. The van der Waals surface area contributed by atoms with E-state index in [2.05, 4.69) is 25.7 Å². The number of aryl methyl sites for hydroxylation is 1. The van der Waals surface area contributed by atoms with Gasteiger partial charge in [-0.3, -0.25) is 14.5 Å². The van der Waals surface area contributed by atoms with E-state index >= 15 is 0 Å². The van der Waals surface area contributed by atoms with Crippen molar-refractivity contribution in [3.05, 3.63) is 83.0 Å². The van der Waals surface area contributed by atoms with Crippen molar-refractivity contribution in [2.75, 3.05) is 11.9 Å². The highest BCUT2D eigenvalue weighted by Crippen LogP contribution is 2.26. The second kappa shape index (κ2) is 9.48. The molecule has 2 N–H and O–H groups in total. The number of nitrogens with zero attached hydrogens (tertiary/aromatic N) is 4. The Morgan fingerprint density at radius 2 is 2.03 bits per heavy atom. The van der Waals surface area contributed by atoms with Crippen molar-refractivity contribution in [2.45, 2.75) is 20.0 Å². The number of hydrogen-bond acceptors (Lipinski definition) is 6. The van der Waals surface area contributed by atoms with Gasteiger partial charge in [-0.2, -0.15) is 5.10 Å². The molecule has 158 valence electrons. The fraction of sp³-hybridized carbons (Fsp3) is 0.182. The second-order valence-electron chi connectivity index (χ2n) is 6.88. The van der Waals surface area contributed by atoms with Crippen LogP contribution in [0.5, 0.6) is 0 Å². The lowest BCUT2D eigenvalue weighted by Crippen LogP contribution is -2.22. The van der Waals surface area contributed by atoms with Crippen molar-refractivity contribution < 1.29 is 9.18 Å². The summed E-state index contributed by atoms with van der Waals surface area (Å²) >= 11 is 1.33. The Bertz CT molecular complexity index is 1160. The van der Waals surface area contributed by atoms with Crippen molar-refractivity contribution in [2.24, 2.45) is 0 Å². The summed E-state index contributed by atoms with van der Waals surface area (Å²) in [7, 11) is 0. The molecule has 4 aromatic rings. The van der Waals surface area contributed by atoms with E-state index in [0.717, 1.165) is 16.9 Å². The van der Waals surface area contributed by atoms with Crippen LogP contribution >= 0.6 is 11.3 Å². The fourth-order valence-corrected chi connectivity index (χ4v) is 3.91. The van der Waals surface area contributed by atoms with Crippen LogP contribution < -0.4 is 10.6 Å². The minimum atomic E-state index is -0.258. The van der Waals surface area contributed by atoms with E-state index in [1.807, 2.05) is 36.0 Å². The van der Waals surface area contributed by atoms with E-state index in [4.69, 9.17) is 0 Å². The number of halogens is 1. The summed E-state index contributed by atoms with van der Waals surface area (Å²) in [5, 5.41) is 11.4. The highest BCUT2D eigenvalue weighted by atomic mass is 32.1. The van der Waals surface area contributed by atoms with Gasteiger partial charge in [-0.1, -0.05) is 6.07 Å².